The van der Waals surface area contributed by atoms with Gasteiger partial charge in [-0.2, -0.15) is 0 Å². The number of aliphatic hydroxyl groups excluding tert-OH is 5. The van der Waals surface area contributed by atoms with Crippen molar-refractivity contribution in [3.63, 3.8) is 0 Å². The van der Waals surface area contributed by atoms with Crippen molar-refractivity contribution in [1.82, 2.24) is 0 Å². The summed E-state index contributed by atoms with van der Waals surface area (Å²) in [6.45, 7) is 14.2. The van der Waals surface area contributed by atoms with Gasteiger partial charge in [-0.3, -0.25) is 19.2 Å². The Balaban J connectivity index is 1.52. The molecule has 284 valence electrons. The Morgan fingerprint density at radius 1 is 1.00 bits per heavy atom. The van der Waals surface area contributed by atoms with E-state index >= 15 is 0 Å². The number of Topliss-reactive ketones (excluding diaryl/α,β-unsaturated/α-hetero) is 2. The smallest absolute Gasteiger partial charge is 0.303 e. The van der Waals surface area contributed by atoms with Gasteiger partial charge in [0.25, 0.3) is 0 Å². The molecule has 0 bridgehead atoms. The van der Waals surface area contributed by atoms with Gasteiger partial charge in [-0.15, -0.1) is 0 Å². The predicted octanol–water partition coefficient (Wildman–Crippen LogP) is 1.45. The Kier molecular flexibility index (Phi) is 9.80. The van der Waals surface area contributed by atoms with E-state index in [1.54, 1.807) is 33.8 Å². The molecule has 0 aromatic heterocycles. The summed E-state index contributed by atoms with van der Waals surface area (Å²) in [6, 6.07) is 0. The Bertz CT molecular complexity index is 1570. The number of hydrogen-bond donors (Lipinski definition) is 6. The summed E-state index contributed by atoms with van der Waals surface area (Å²) in [6.07, 6.45) is -2.57. The number of ketones is 3. The van der Waals surface area contributed by atoms with Crippen LogP contribution in [0.5, 0.6) is 0 Å². The first-order valence-corrected chi connectivity index (χ1v) is 17.6. The van der Waals surface area contributed by atoms with Crippen molar-refractivity contribution in [3.8, 4) is 0 Å². The van der Waals surface area contributed by atoms with E-state index in [9.17, 15) is 49.8 Å². The maximum atomic E-state index is 14.8. The van der Waals surface area contributed by atoms with Gasteiger partial charge in [-0.05, 0) is 82.4 Å². The van der Waals surface area contributed by atoms with Crippen molar-refractivity contribution >= 4 is 23.3 Å². The van der Waals surface area contributed by atoms with E-state index in [0.717, 1.165) is 6.08 Å². The van der Waals surface area contributed by atoms with Gasteiger partial charge in [0.1, 0.15) is 41.4 Å². The van der Waals surface area contributed by atoms with Gasteiger partial charge in [0.15, 0.2) is 11.5 Å². The minimum atomic E-state index is -2.09. The molecule has 0 aromatic rings. The lowest BCUT2D eigenvalue weighted by Crippen LogP contribution is -2.64. The van der Waals surface area contributed by atoms with Gasteiger partial charge >= 0.3 is 5.97 Å². The van der Waals surface area contributed by atoms with Crippen molar-refractivity contribution in [2.75, 3.05) is 6.61 Å². The van der Waals surface area contributed by atoms with E-state index in [2.05, 4.69) is 0 Å². The topological polar surface area (TPSA) is 217 Å². The Labute approximate surface area is 298 Å². The third kappa shape index (κ3) is 5.87. The fourth-order valence-electron chi connectivity index (χ4n) is 10.3. The number of esters is 1. The number of aliphatic hydroxyl groups is 6. The molecule has 3 fully saturated rings. The first-order chi connectivity index (χ1) is 23.3. The molecule has 0 aromatic carbocycles. The van der Waals surface area contributed by atoms with E-state index in [1.807, 2.05) is 26.8 Å². The average Bonchev–Trinajstić information content (AvgIpc) is 3.22. The number of carbonyl (C=O) groups is 4. The molecule has 51 heavy (non-hydrogen) atoms. The van der Waals surface area contributed by atoms with Gasteiger partial charge in [0.2, 0.25) is 12.1 Å². The van der Waals surface area contributed by atoms with Crippen molar-refractivity contribution in [3.05, 3.63) is 35.6 Å². The van der Waals surface area contributed by atoms with Crippen LogP contribution in [-0.2, 0) is 33.4 Å². The summed E-state index contributed by atoms with van der Waals surface area (Å²) in [7, 11) is 0. The van der Waals surface area contributed by atoms with Gasteiger partial charge in [-0.1, -0.05) is 32.4 Å². The number of hydrogen-bond acceptors (Lipinski definition) is 13. The summed E-state index contributed by atoms with van der Waals surface area (Å²) in [5, 5.41) is 64.6. The molecule has 1 aliphatic heterocycles. The lowest BCUT2D eigenvalue weighted by molar-refractivity contribution is -0.291. The molecule has 4 aliphatic carbocycles. The summed E-state index contributed by atoms with van der Waals surface area (Å²) >= 11 is 0. The second-order valence-electron chi connectivity index (χ2n) is 17.2. The minimum absolute atomic E-state index is 0.0841. The second kappa shape index (κ2) is 12.7. The van der Waals surface area contributed by atoms with Crippen molar-refractivity contribution < 1.29 is 64.0 Å². The number of rotatable bonds is 8. The van der Waals surface area contributed by atoms with Crippen LogP contribution in [0.3, 0.4) is 0 Å². The normalized spacial score (nSPS) is 43.3. The Morgan fingerprint density at radius 2 is 1.63 bits per heavy atom. The third-order valence-corrected chi connectivity index (χ3v) is 13.3. The fraction of sp³-hybridized carbons (Fsp3) is 0.737. The lowest BCUT2D eigenvalue weighted by Gasteiger charge is -2.63. The molecule has 0 amide bonds. The molecule has 0 spiro atoms. The summed E-state index contributed by atoms with van der Waals surface area (Å²) < 4.78 is 16.7. The molecule has 1 heterocycles. The van der Waals surface area contributed by atoms with E-state index < -0.39 is 112 Å². The first kappa shape index (κ1) is 39.4. The molecule has 6 unspecified atom stereocenters. The van der Waals surface area contributed by atoms with Crippen LogP contribution < -0.4 is 0 Å². The van der Waals surface area contributed by atoms with Gasteiger partial charge in [0.05, 0.1) is 18.1 Å². The Morgan fingerprint density at radius 3 is 2.22 bits per heavy atom. The van der Waals surface area contributed by atoms with Crippen LogP contribution >= 0.6 is 0 Å². The predicted molar refractivity (Wildman–Crippen MR) is 180 cm³/mol. The van der Waals surface area contributed by atoms with Crippen LogP contribution in [0.1, 0.15) is 81.6 Å². The maximum Gasteiger partial charge on any atom is 0.303 e. The molecule has 13 nitrogen and oxygen atoms in total. The van der Waals surface area contributed by atoms with Crippen LogP contribution in [0.2, 0.25) is 0 Å². The highest BCUT2D eigenvalue weighted by Gasteiger charge is 2.74. The summed E-state index contributed by atoms with van der Waals surface area (Å²) in [5.41, 5.74) is -6.62. The van der Waals surface area contributed by atoms with E-state index in [-0.39, 0.29) is 24.4 Å². The molecule has 0 radical (unpaired) electrons. The zero-order valence-electron chi connectivity index (χ0n) is 30.9. The second-order valence-corrected chi connectivity index (χ2v) is 17.2. The third-order valence-electron chi connectivity index (χ3n) is 13.3. The SMILES string of the molecule is CC(=O)OC(C)(C)/C=C/C(=O)C(C)(O)C1[C@H](O)C[C@@]2(C)C3CC=C4C(C=C(O[C@@H]5OC(CO)[C@@H](O)[C@H](O)C5O)C(=O)C4(C)C)[C@]3(C)C(=O)C[C@]12C. The molecule has 2 saturated carbocycles. The van der Waals surface area contributed by atoms with Crippen molar-refractivity contribution in [1.29, 1.82) is 0 Å². The first-order valence-electron chi connectivity index (χ1n) is 17.6. The number of ether oxygens (including phenoxy) is 3. The maximum absolute atomic E-state index is 14.8. The molecule has 13 atom stereocenters. The molecule has 5 rings (SSSR count). The molecule has 5 aliphatic rings. The van der Waals surface area contributed by atoms with Gasteiger partial charge < -0.3 is 44.8 Å². The van der Waals surface area contributed by atoms with Crippen LogP contribution in [-0.4, -0.2) is 109 Å². The largest absolute Gasteiger partial charge is 0.459 e. The Hall–Kier alpha value is -2.78. The summed E-state index contributed by atoms with van der Waals surface area (Å²) in [5.74, 6) is -4.17. The van der Waals surface area contributed by atoms with Gasteiger partial charge in [-0.25, -0.2) is 0 Å². The standard InChI is InChI=1S/C38H54O13/c1-18(40)51-33(2,3)13-12-25(42)38(9,48)30-21(41)15-35(6)24-11-10-19-20(37(24,8)26(43)16-36(30,35)7)14-22(31(47)34(19,4)5)49-32-29(46)28(45)27(44)23(17-39)50-32/h10,12-14,20-21,23-24,27-30,32,39,41,44-46,48H,11,15-17H2,1-9H3/b13-12+/t20?,21-,23?,24?,27-,28+,29?,30?,32-,35+,36-,37+,38?/m1/s1. The molecular formula is C38H54O13. The van der Waals surface area contributed by atoms with E-state index in [1.165, 1.54) is 19.9 Å². The number of fused-ring (bicyclic) bond motifs is 5. The molecule has 6 N–H and O–H groups in total. The molecular weight excluding hydrogens is 664 g/mol. The number of carbonyl (C=O) groups excluding carboxylic acids is 4. The fourth-order valence-corrected chi connectivity index (χ4v) is 10.3. The van der Waals surface area contributed by atoms with Crippen molar-refractivity contribution in [2.45, 2.75) is 130 Å². The zero-order valence-corrected chi connectivity index (χ0v) is 30.9. The quantitative estimate of drug-likeness (QED) is 0.119. The minimum Gasteiger partial charge on any atom is -0.459 e. The van der Waals surface area contributed by atoms with Crippen LogP contribution in [0.4, 0.5) is 0 Å². The van der Waals surface area contributed by atoms with Crippen LogP contribution in [0.25, 0.3) is 0 Å². The average molecular weight is 719 g/mol. The van der Waals surface area contributed by atoms with Crippen LogP contribution in [0, 0.1) is 39.4 Å². The molecule has 13 heteroatoms. The monoisotopic (exact) mass is 718 g/mol. The van der Waals surface area contributed by atoms with Crippen LogP contribution in [0.15, 0.2) is 35.6 Å². The zero-order chi connectivity index (χ0) is 38.4. The molecule has 1 saturated heterocycles. The summed E-state index contributed by atoms with van der Waals surface area (Å²) in [4.78, 5) is 53.9. The van der Waals surface area contributed by atoms with E-state index in [4.69, 9.17) is 14.2 Å². The van der Waals surface area contributed by atoms with E-state index in [0.29, 0.717) is 12.0 Å². The highest BCUT2D eigenvalue weighted by atomic mass is 16.7. The number of allylic oxidation sites excluding steroid dienone is 4. The highest BCUT2D eigenvalue weighted by molar-refractivity contribution is 6.02. The van der Waals surface area contributed by atoms with Crippen molar-refractivity contribution in [2.24, 2.45) is 39.4 Å². The highest BCUT2D eigenvalue weighted by Crippen LogP contribution is 2.73. The van der Waals surface area contributed by atoms with Gasteiger partial charge in [0, 0.05) is 30.6 Å². The lowest BCUT2D eigenvalue weighted by atomic mass is 9.39.